The summed E-state index contributed by atoms with van der Waals surface area (Å²) in [6, 6.07) is 9.88. The van der Waals surface area contributed by atoms with E-state index in [1.54, 1.807) is 40.1 Å². The Hall–Kier alpha value is -2.63. The van der Waals surface area contributed by atoms with E-state index < -0.39 is 10.0 Å². The van der Waals surface area contributed by atoms with Crippen molar-refractivity contribution in [3.63, 3.8) is 0 Å². The van der Waals surface area contributed by atoms with Gasteiger partial charge >= 0.3 is 0 Å². The second kappa shape index (κ2) is 7.32. The molecule has 0 unspecified atom stereocenters. The van der Waals surface area contributed by atoms with Gasteiger partial charge in [-0.1, -0.05) is 12.1 Å². The Bertz CT molecular complexity index is 959. The predicted octanol–water partition coefficient (Wildman–Crippen LogP) is 1.43. The molecule has 1 amide bonds. The molecule has 1 aliphatic heterocycles. The number of amides is 1. The van der Waals surface area contributed by atoms with E-state index in [0.29, 0.717) is 31.6 Å². The summed E-state index contributed by atoms with van der Waals surface area (Å²) in [5, 5.41) is 9.19. The van der Waals surface area contributed by atoms with E-state index in [2.05, 4.69) is 0 Å². The molecule has 8 heteroatoms. The fraction of sp³-hybridized carbons (Fsp3) is 0.333. The lowest BCUT2D eigenvalue weighted by Gasteiger charge is -2.22. The van der Waals surface area contributed by atoms with Crippen LogP contribution in [0.25, 0.3) is 0 Å². The third-order valence-corrected chi connectivity index (χ3v) is 6.40. The van der Waals surface area contributed by atoms with Crippen LogP contribution in [-0.4, -0.2) is 54.3 Å². The molecule has 3 rings (SSSR count). The number of nitrogens with zero attached hydrogens (tertiary/aromatic N) is 4. The van der Waals surface area contributed by atoms with E-state index in [0.717, 1.165) is 0 Å². The number of aryl methyl sites for hydroxylation is 1. The lowest BCUT2D eigenvalue weighted by molar-refractivity contribution is 0.0764. The largest absolute Gasteiger partial charge is 0.356 e. The number of benzene rings is 1. The molecule has 1 saturated heterocycles. The standard InChI is InChI=1S/C18H20N4O3S/c1-20-10-7-16(14-20)18(23)21-8-4-9-22(12-11-21)26(24,25)17-6-3-2-5-15(17)13-19/h2-3,5-7,10,14H,4,8-9,11-12H2,1H3. The molecule has 1 aromatic heterocycles. The van der Waals surface area contributed by atoms with Crippen LogP contribution in [0.3, 0.4) is 0 Å². The molecule has 26 heavy (non-hydrogen) atoms. The third kappa shape index (κ3) is 3.49. The van der Waals surface area contributed by atoms with Crippen LogP contribution in [0.5, 0.6) is 0 Å². The zero-order valence-corrected chi connectivity index (χ0v) is 15.3. The van der Waals surface area contributed by atoms with Crippen LogP contribution >= 0.6 is 0 Å². The minimum Gasteiger partial charge on any atom is -0.356 e. The zero-order chi connectivity index (χ0) is 18.7. The zero-order valence-electron chi connectivity index (χ0n) is 14.5. The third-order valence-electron chi connectivity index (χ3n) is 4.45. The molecule has 0 N–H and O–H groups in total. The van der Waals surface area contributed by atoms with Gasteiger partial charge in [-0.2, -0.15) is 9.57 Å². The highest BCUT2D eigenvalue weighted by Crippen LogP contribution is 2.21. The first-order valence-electron chi connectivity index (χ1n) is 8.34. The molecule has 0 atom stereocenters. The van der Waals surface area contributed by atoms with Crippen molar-refractivity contribution in [1.29, 1.82) is 5.26 Å². The van der Waals surface area contributed by atoms with Gasteiger partial charge in [0.15, 0.2) is 0 Å². The van der Waals surface area contributed by atoms with Crippen LogP contribution in [0.15, 0.2) is 47.6 Å². The van der Waals surface area contributed by atoms with Gasteiger partial charge in [0.25, 0.3) is 5.91 Å². The van der Waals surface area contributed by atoms with E-state index >= 15 is 0 Å². The van der Waals surface area contributed by atoms with Gasteiger partial charge in [-0.3, -0.25) is 4.79 Å². The van der Waals surface area contributed by atoms with Gasteiger partial charge in [0.1, 0.15) is 6.07 Å². The lowest BCUT2D eigenvalue weighted by Crippen LogP contribution is -2.37. The molecule has 2 aromatic rings. The van der Waals surface area contributed by atoms with Crippen LogP contribution in [0.1, 0.15) is 22.3 Å². The number of carbonyl (C=O) groups excluding carboxylic acids is 1. The van der Waals surface area contributed by atoms with Crippen molar-refractivity contribution in [2.45, 2.75) is 11.3 Å². The van der Waals surface area contributed by atoms with Crippen molar-refractivity contribution in [3.8, 4) is 6.07 Å². The number of hydrogen-bond acceptors (Lipinski definition) is 4. The Morgan fingerprint density at radius 1 is 1.12 bits per heavy atom. The minimum atomic E-state index is -3.77. The first-order chi connectivity index (χ1) is 12.4. The summed E-state index contributed by atoms with van der Waals surface area (Å²) >= 11 is 0. The Labute approximate surface area is 153 Å². The Morgan fingerprint density at radius 2 is 1.88 bits per heavy atom. The molecule has 1 aliphatic rings. The summed E-state index contributed by atoms with van der Waals surface area (Å²) in [6.45, 7) is 1.35. The van der Waals surface area contributed by atoms with E-state index in [1.165, 1.54) is 16.4 Å². The van der Waals surface area contributed by atoms with E-state index in [9.17, 15) is 18.5 Å². The molecule has 2 heterocycles. The fourth-order valence-corrected chi connectivity index (χ4v) is 4.68. The van der Waals surface area contributed by atoms with E-state index in [-0.39, 0.29) is 22.9 Å². The normalized spacial score (nSPS) is 16.1. The molecule has 0 radical (unpaired) electrons. The van der Waals surface area contributed by atoms with Crippen LogP contribution in [0.4, 0.5) is 0 Å². The Morgan fingerprint density at radius 3 is 2.58 bits per heavy atom. The molecule has 7 nitrogen and oxygen atoms in total. The summed E-state index contributed by atoms with van der Waals surface area (Å²) < 4.78 is 29.0. The summed E-state index contributed by atoms with van der Waals surface area (Å²) in [6.07, 6.45) is 4.11. The van der Waals surface area contributed by atoms with E-state index in [4.69, 9.17) is 0 Å². The maximum absolute atomic E-state index is 12.9. The SMILES string of the molecule is Cn1ccc(C(=O)N2CCCN(S(=O)(=O)c3ccccc3C#N)CC2)c1. The van der Waals surface area contributed by atoms with Gasteiger partial charge in [0, 0.05) is 45.6 Å². The number of rotatable bonds is 3. The van der Waals surface area contributed by atoms with Crippen molar-refractivity contribution < 1.29 is 13.2 Å². The average molecular weight is 372 g/mol. The second-order valence-electron chi connectivity index (χ2n) is 6.22. The van der Waals surface area contributed by atoms with Gasteiger partial charge < -0.3 is 9.47 Å². The molecule has 1 fully saturated rings. The van der Waals surface area contributed by atoms with Crippen molar-refractivity contribution in [2.24, 2.45) is 7.05 Å². The number of carbonyl (C=O) groups is 1. The Balaban J connectivity index is 1.78. The highest BCUT2D eigenvalue weighted by molar-refractivity contribution is 7.89. The number of sulfonamides is 1. The van der Waals surface area contributed by atoms with Crippen molar-refractivity contribution in [2.75, 3.05) is 26.2 Å². The van der Waals surface area contributed by atoms with E-state index in [1.807, 2.05) is 13.1 Å². The highest BCUT2D eigenvalue weighted by Gasteiger charge is 2.30. The Kier molecular flexibility index (Phi) is 5.11. The molecular formula is C18H20N4O3S. The summed E-state index contributed by atoms with van der Waals surface area (Å²) in [4.78, 5) is 14.3. The van der Waals surface area contributed by atoms with Crippen LogP contribution in [0.2, 0.25) is 0 Å². The summed E-state index contributed by atoms with van der Waals surface area (Å²) in [5.41, 5.74) is 0.729. The highest BCUT2D eigenvalue weighted by atomic mass is 32.2. The fourth-order valence-electron chi connectivity index (χ4n) is 3.07. The summed E-state index contributed by atoms with van der Waals surface area (Å²) in [5.74, 6) is -0.0951. The molecule has 0 spiro atoms. The molecular weight excluding hydrogens is 352 g/mol. The maximum Gasteiger partial charge on any atom is 0.255 e. The molecule has 136 valence electrons. The predicted molar refractivity (Wildman–Crippen MR) is 95.8 cm³/mol. The number of nitriles is 1. The lowest BCUT2D eigenvalue weighted by atomic mass is 10.2. The first kappa shape index (κ1) is 18.2. The molecule has 0 saturated carbocycles. The van der Waals surface area contributed by atoms with Gasteiger partial charge in [0.05, 0.1) is 16.0 Å². The van der Waals surface area contributed by atoms with Crippen molar-refractivity contribution >= 4 is 15.9 Å². The molecule has 0 aliphatic carbocycles. The van der Waals surface area contributed by atoms with Crippen LogP contribution in [0, 0.1) is 11.3 Å². The average Bonchev–Trinajstić information content (AvgIpc) is 2.92. The minimum absolute atomic E-state index is 0.0188. The smallest absolute Gasteiger partial charge is 0.255 e. The van der Waals surface area contributed by atoms with Gasteiger partial charge in [-0.25, -0.2) is 8.42 Å². The topological polar surface area (TPSA) is 86.4 Å². The quantitative estimate of drug-likeness (QED) is 0.816. The van der Waals surface area contributed by atoms with Gasteiger partial charge in [-0.05, 0) is 24.6 Å². The van der Waals surface area contributed by atoms with Gasteiger partial charge in [0.2, 0.25) is 10.0 Å². The maximum atomic E-state index is 12.9. The molecule has 1 aromatic carbocycles. The van der Waals surface area contributed by atoms with Gasteiger partial charge in [-0.15, -0.1) is 0 Å². The molecule has 0 bridgehead atoms. The van der Waals surface area contributed by atoms with Crippen molar-refractivity contribution in [3.05, 3.63) is 53.9 Å². The summed E-state index contributed by atoms with van der Waals surface area (Å²) in [7, 11) is -1.92. The number of hydrogen-bond donors (Lipinski definition) is 0. The van der Waals surface area contributed by atoms with Crippen LogP contribution in [-0.2, 0) is 17.1 Å². The number of aromatic nitrogens is 1. The first-order valence-corrected chi connectivity index (χ1v) is 9.78. The monoisotopic (exact) mass is 372 g/mol. The van der Waals surface area contributed by atoms with Crippen molar-refractivity contribution in [1.82, 2.24) is 13.8 Å². The second-order valence-corrected chi connectivity index (χ2v) is 8.13. The van der Waals surface area contributed by atoms with Crippen LogP contribution < -0.4 is 0 Å².